The predicted octanol–water partition coefficient (Wildman–Crippen LogP) is 2.04. The third-order valence-corrected chi connectivity index (χ3v) is 4.38. The standard InChI is InChI=1S/C16H23N3/c1-11-3-2-4-12(7-11)9-16-18-14-6-5-13(10-17)8-15(14)19-16/h2-4,7,13-15H,5-6,8-10,17H2,1H3,(H,18,19). The summed E-state index contributed by atoms with van der Waals surface area (Å²) in [6.45, 7) is 2.96. The van der Waals surface area contributed by atoms with E-state index in [-0.39, 0.29) is 0 Å². The van der Waals surface area contributed by atoms with Gasteiger partial charge in [0, 0.05) is 12.5 Å². The molecule has 3 N–H and O–H groups in total. The molecular formula is C16H23N3. The molecule has 3 nitrogen and oxygen atoms in total. The fourth-order valence-corrected chi connectivity index (χ4v) is 3.33. The Labute approximate surface area is 115 Å². The number of fused-ring (bicyclic) bond motifs is 1. The first kappa shape index (κ1) is 12.7. The van der Waals surface area contributed by atoms with E-state index in [1.54, 1.807) is 0 Å². The average molecular weight is 257 g/mol. The zero-order valence-electron chi connectivity index (χ0n) is 11.6. The summed E-state index contributed by atoms with van der Waals surface area (Å²) in [5, 5.41) is 3.62. The summed E-state index contributed by atoms with van der Waals surface area (Å²) in [6, 6.07) is 9.71. The Morgan fingerprint density at radius 1 is 1.37 bits per heavy atom. The van der Waals surface area contributed by atoms with Gasteiger partial charge in [-0.1, -0.05) is 29.8 Å². The van der Waals surface area contributed by atoms with E-state index in [0.29, 0.717) is 18.0 Å². The van der Waals surface area contributed by atoms with Crippen molar-refractivity contribution in [1.29, 1.82) is 0 Å². The molecule has 1 aromatic carbocycles. The highest BCUT2D eigenvalue weighted by Crippen LogP contribution is 2.29. The lowest BCUT2D eigenvalue weighted by Crippen LogP contribution is -2.41. The highest BCUT2D eigenvalue weighted by Gasteiger charge is 2.34. The molecule has 0 radical (unpaired) electrons. The molecule has 102 valence electrons. The van der Waals surface area contributed by atoms with Crippen molar-refractivity contribution in [3.63, 3.8) is 0 Å². The van der Waals surface area contributed by atoms with Crippen molar-refractivity contribution in [2.75, 3.05) is 6.54 Å². The van der Waals surface area contributed by atoms with E-state index in [1.165, 1.54) is 36.2 Å². The largest absolute Gasteiger partial charge is 0.369 e. The molecule has 3 heteroatoms. The monoisotopic (exact) mass is 257 g/mol. The molecule has 0 amide bonds. The molecule has 1 fully saturated rings. The predicted molar refractivity (Wildman–Crippen MR) is 79.4 cm³/mol. The second-order valence-electron chi connectivity index (χ2n) is 5.97. The topological polar surface area (TPSA) is 50.4 Å². The summed E-state index contributed by atoms with van der Waals surface area (Å²) in [7, 11) is 0. The van der Waals surface area contributed by atoms with E-state index in [4.69, 9.17) is 10.7 Å². The van der Waals surface area contributed by atoms with Gasteiger partial charge in [0.25, 0.3) is 0 Å². The third-order valence-electron chi connectivity index (χ3n) is 4.38. The molecule has 3 unspecified atom stereocenters. The third kappa shape index (κ3) is 2.81. The molecular weight excluding hydrogens is 234 g/mol. The lowest BCUT2D eigenvalue weighted by Gasteiger charge is -2.29. The van der Waals surface area contributed by atoms with Gasteiger partial charge in [0.05, 0.1) is 6.04 Å². The van der Waals surface area contributed by atoms with Crippen molar-refractivity contribution in [3.8, 4) is 0 Å². The highest BCUT2D eigenvalue weighted by atomic mass is 15.1. The number of aryl methyl sites for hydroxylation is 1. The number of hydrogen-bond acceptors (Lipinski definition) is 3. The maximum atomic E-state index is 5.80. The number of nitrogens with zero attached hydrogens (tertiary/aromatic N) is 1. The summed E-state index contributed by atoms with van der Waals surface area (Å²) >= 11 is 0. The van der Waals surface area contributed by atoms with Crippen molar-refractivity contribution in [2.24, 2.45) is 16.6 Å². The van der Waals surface area contributed by atoms with Crippen LogP contribution in [0.2, 0.25) is 0 Å². The first-order chi connectivity index (χ1) is 9.24. The minimum absolute atomic E-state index is 0.489. The maximum Gasteiger partial charge on any atom is 0.101 e. The van der Waals surface area contributed by atoms with Crippen molar-refractivity contribution >= 4 is 5.84 Å². The molecule has 1 saturated carbocycles. The van der Waals surface area contributed by atoms with Crippen molar-refractivity contribution < 1.29 is 0 Å². The summed E-state index contributed by atoms with van der Waals surface area (Å²) in [5.74, 6) is 1.85. The van der Waals surface area contributed by atoms with Gasteiger partial charge in [0.15, 0.2) is 0 Å². The molecule has 3 atom stereocenters. The molecule has 2 aliphatic rings. The number of hydrogen-bond donors (Lipinski definition) is 2. The first-order valence-electron chi connectivity index (χ1n) is 7.33. The van der Waals surface area contributed by atoms with Crippen molar-refractivity contribution in [2.45, 2.75) is 44.7 Å². The van der Waals surface area contributed by atoms with Crippen LogP contribution in [0.1, 0.15) is 30.4 Å². The highest BCUT2D eigenvalue weighted by molar-refractivity contribution is 5.86. The Hall–Kier alpha value is -1.35. The SMILES string of the molecule is Cc1cccc(CC2=NC3CCC(CN)CC3N2)c1. The molecule has 1 heterocycles. The Balaban J connectivity index is 1.65. The Morgan fingerprint density at radius 3 is 3.05 bits per heavy atom. The van der Waals surface area contributed by atoms with Crippen LogP contribution in [-0.4, -0.2) is 24.5 Å². The van der Waals surface area contributed by atoms with Crippen LogP contribution >= 0.6 is 0 Å². The average Bonchev–Trinajstić information content (AvgIpc) is 2.79. The van der Waals surface area contributed by atoms with Gasteiger partial charge in [-0.15, -0.1) is 0 Å². The summed E-state index contributed by atoms with van der Waals surface area (Å²) in [5.41, 5.74) is 8.46. The zero-order chi connectivity index (χ0) is 13.2. The van der Waals surface area contributed by atoms with Crippen LogP contribution in [-0.2, 0) is 6.42 Å². The van der Waals surface area contributed by atoms with E-state index in [9.17, 15) is 0 Å². The quantitative estimate of drug-likeness (QED) is 0.870. The summed E-state index contributed by atoms with van der Waals surface area (Å²) in [4.78, 5) is 4.87. The van der Waals surface area contributed by atoms with Gasteiger partial charge < -0.3 is 11.1 Å². The molecule has 0 spiro atoms. The van der Waals surface area contributed by atoms with E-state index in [0.717, 1.165) is 13.0 Å². The normalized spacial score (nSPS) is 29.6. The maximum absolute atomic E-state index is 5.80. The fourth-order valence-electron chi connectivity index (χ4n) is 3.33. The Kier molecular flexibility index (Phi) is 3.56. The molecule has 0 saturated heterocycles. The number of aliphatic imine (C=N–C) groups is 1. The molecule has 1 aromatic rings. The second kappa shape index (κ2) is 5.33. The summed E-state index contributed by atoms with van der Waals surface area (Å²) < 4.78 is 0. The van der Waals surface area contributed by atoms with E-state index >= 15 is 0 Å². The van der Waals surface area contributed by atoms with Crippen LogP contribution in [0.5, 0.6) is 0 Å². The van der Waals surface area contributed by atoms with Gasteiger partial charge in [-0.3, -0.25) is 4.99 Å². The van der Waals surface area contributed by atoms with Crippen molar-refractivity contribution in [1.82, 2.24) is 5.32 Å². The first-order valence-corrected chi connectivity index (χ1v) is 7.33. The van der Waals surface area contributed by atoms with Crippen LogP contribution in [0.4, 0.5) is 0 Å². The molecule has 0 bridgehead atoms. The summed E-state index contributed by atoms with van der Waals surface area (Å²) in [6.07, 6.45) is 4.54. The molecule has 1 aliphatic heterocycles. The van der Waals surface area contributed by atoms with Gasteiger partial charge in [0.1, 0.15) is 5.84 Å². The van der Waals surface area contributed by atoms with Crippen LogP contribution < -0.4 is 11.1 Å². The minimum Gasteiger partial charge on any atom is -0.369 e. The molecule has 19 heavy (non-hydrogen) atoms. The van der Waals surface area contributed by atoms with Gasteiger partial charge in [0.2, 0.25) is 0 Å². The van der Waals surface area contributed by atoms with E-state index in [1.807, 2.05) is 0 Å². The van der Waals surface area contributed by atoms with Crippen LogP contribution in [0.25, 0.3) is 0 Å². The number of nitrogens with two attached hydrogens (primary N) is 1. The number of rotatable bonds is 3. The number of benzene rings is 1. The minimum atomic E-state index is 0.489. The van der Waals surface area contributed by atoms with E-state index < -0.39 is 0 Å². The van der Waals surface area contributed by atoms with Crippen molar-refractivity contribution in [3.05, 3.63) is 35.4 Å². The lowest BCUT2D eigenvalue weighted by molar-refractivity contribution is 0.294. The fraction of sp³-hybridized carbons (Fsp3) is 0.562. The Morgan fingerprint density at radius 2 is 2.26 bits per heavy atom. The second-order valence-corrected chi connectivity index (χ2v) is 5.97. The zero-order valence-corrected chi connectivity index (χ0v) is 11.6. The number of amidine groups is 1. The van der Waals surface area contributed by atoms with Crippen LogP contribution in [0.3, 0.4) is 0 Å². The number of nitrogens with one attached hydrogen (secondary N) is 1. The van der Waals surface area contributed by atoms with E-state index in [2.05, 4.69) is 36.5 Å². The smallest absolute Gasteiger partial charge is 0.101 e. The Bertz CT molecular complexity index is 481. The van der Waals surface area contributed by atoms with Gasteiger partial charge >= 0.3 is 0 Å². The molecule has 1 aliphatic carbocycles. The van der Waals surface area contributed by atoms with Crippen LogP contribution in [0.15, 0.2) is 29.3 Å². The molecule has 0 aromatic heterocycles. The lowest BCUT2D eigenvalue weighted by atomic mass is 9.83. The van der Waals surface area contributed by atoms with Gasteiger partial charge in [-0.25, -0.2) is 0 Å². The van der Waals surface area contributed by atoms with Crippen LogP contribution in [0, 0.1) is 12.8 Å². The van der Waals surface area contributed by atoms with Gasteiger partial charge in [-0.2, -0.15) is 0 Å². The van der Waals surface area contributed by atoms with Gasteiger partial charge in [-0.05, 0) is 44.2 Å². The molecule has 3 rings (SSSR count).